The van der Waals surface area contributed by atoms with Crippen molar-refractivity contribution < 1.29 is 0 Å². The first-order valence-electron chi connectivity index (χ1n) is 8.23. The van der Waals surface area contributed by atoms with E-state index in [2.05, 4.69) is 48.1 Å². The molecular weight excluding hydrogens is 248 g/mol. The molecule has 0 saturated carbocycles. The van der Waals surface area contributed by atoms with Crippen molar-refractivity contribution in [3.8, 4) is 0 Å². The lowest BCUT2D eigenvalue weighted by Crippen LogP contribution is -2.52. The summed E-state index contributed by atoms with van der Waals surface area (Å²) < 4.78 is 0. The Balaban J connectivity index is 2.05. The average Bonchev–Trinajstić information content (AvgIpc) is 2.34. The zero-order valence-corrected chi connectivity index (χ0v) is 14.0. The molecule has 4 heteroatoms. The number of nitrogens with zero attached hydrogens (tertiary/aromatic N) is 2. The number of nitrogens with one attached hydrogen (secondary N) is 2. The van der Waals surface area contributed by atoms with E-state index in [9.17, 15) is 0 Å². The minimum absolute atomic E-state index is 0.367. The highest BCUT2D eigenvalue weighted by Crippen LogP contribution is 2.19. The van der Waals surface area contributed by atoms with Gasteiger partial charge in [0.25, 0.3) is 0 Å². The van der Waals surface area contributed by atoms with Gasteiger partial charge in [0.1, 0.15) is 0 Å². The van der Waals surface area contributed by atoms with E-state index >= 15 is 0 Å². The Morgan fingerprint density at radius 2 is 1.05 bits per heavy atom. The monoisotopic (exact) mass is 282 g/mol. The molecule has 2 rings (SSSR count). The third-order valence-corrected chi connectivity index (χ3v) is 4.45. The van der Waals surface area contributed by atoms with Crippen LogP contribution in [0.5, 0.6) is 0 Å². The van der Waals surface area contributed by atoms with Crippen LogP contribution in [0.3, 0.4) is 0 Å². The zero-order chi connectivity index (χ0) is 14.6. The van der Waals surface area contributed by atoms with Crippen LogP contribution in [0.15, 0.2) is 0 Å². The second-order valence-electron chi connectivity index (χ2n) is 8.23. The van der Waals surface area contributed by atoms with E-state index in [-0.39, 0.29) is 0 Å². The Morgan fingerprint density at radius 1 is 0.650 bits per heavy atom. The van der Waals surface area contributed by atoms with Gasteiger partial charge in [0.2, 0.25) is 0 Å². The van der Waals surface area contributed by atoms with Gasteiger partial charge in [0.05, 0.1) is 0 Å². The summed E-state index contributed by atoms with van der Waals surface area (Å²) in [6.07, 6.45) is 0. The molecule has 0 radical (unpaired) electrons. The first kappa shape index (κ1) is 16.2. The Kier molecular flexibility index (Phi) is 5.46. The molecule has 2 heterocycles. The summed E-state index contributed by atoms with van der Waals surface area (Å²) in [6, 6.07) is 0. The average molecular weight is 282 g/mol. The minimum atomic E-state index is 0.367. The van der Waals surface area contributed by atoms with E-state index in [1.165, 1.54) is 39.3 Å². The zero-order valence-electron chi connectivity index (χ0n) is 14.0. The fourth-order valence-electron chi connectivity index (χ4n) is 3.47. The van der Waals surface area contributed by atoms with Crippen molar-refractivity contribution in [2.75, 3.05) is 65.4 Å². The predicted octanol–water partition coefficient (Wildman–Crippen LogP) is 0.849. The summed E-state index contributed by atoms with van der Waals surface area (Å²) in [7, 11) is 0. The number of hydrogen-bond donors (Lipinski definition) is 2. The van der Waals surface area contributed by atoms with Crippen molar-refractivity contribution in [1.29, 1.82) is 0 Å². The highest BCUT2D eigenvalue weighted by atomic mass is 15.2. The van der Waals surface area contributed by atoms with Crippen LogP contribution >= 0.6 is 0 Å². The van der Waals surface area contributed by atoms with Gasteiger partial charge in [-0.3, -0.25) is 0 Å². The largest absolute Gasteiger partial charge is 0.315 e. The second kappa shape index (κ2) is 6.73. The van der Waals surface area contributed by atoms with Crippen LogP contribution in [0.1, 0.15) is 27.7 Å². The van der Waals surface area contributed by atoms with Gasteiger partial charge in [-0.15, -0.1) is 0 Å². The Labute approximate surface area is 125 Å². The van der Waals surface area contributed by atoms with Gasteiger partial charge >= 0.3 is 0 Å². The molecule has 2 atom stereocenters. The van der Waals surface area contributed by atoms with Gasteiger partial charge < -0.3 is 20.4 Å². The highest BCUT2D eigenvalue weighted by molar-refractivity contribution is 4.83. The van der Waals surface area contributed by atoms with Crippen LogP contribution in [0.2, 0.25) is 0 Å². The molecule has 20 heavy (non-hydrogen) atoms. The molecule has 4 nitrogen and oxygen atoms in total. The lowest BCUT2D eigenvalue weighted by Gasteiger charge is -2.40. The fourth-order valence-corrected chi connectivity index (χ4v) is 3.47. The van der Waals surface area contributed by atoms with Gasteiger partial charge in [0, 0.05) is 65.4 Å². The van der Waals surface area contributed by atoms with Crippen LogP contribution in [0, 0.1) is 10.8 Å². The lowest BCUT2D eigenvalue weighted by atomic mass is 9.91. The fraction of sp³-hybridized carbons (Fsp3) is 1.00. The summed E-state index contributed by atoms with van der Waals surface area (Å²) in [5.41, 5.74) is 0.733. The summed E-state index contributed by atoms with van der Waals surface area (Å²) in [5, 5.41) is 7.32. The summed E-state index contributed by atoms with van der Waals surface area (Å²) in [5.74, 6) is 0. The van der Waals surface area contributed by atoms with E-state index in [1.807, 2.05) is 0 Å². The minimum Gasteiger partial charge on any atom is -0.315 e. The Morgan fingerprint density at radius 3 is 1.45 bits per heavy atom. The summed E-state index contributed by atoms with van der Waals surface area (Å²) >= 11 is 0. The van der Waals surface area contributed by atoms with E-state index < -0.39 is 0 Å². The van der Waals surface area contributed by atoms with E-state index in [0.717, 1.165) is 26.2 Å². The van der Waals surface area contributed by atoms with Crippen molar-refractivity contribution in [2.24, 2.45) is 10.8 Å². The second-order valence-corrected chi connectivity index (χ2v) is 8.23. The highest BCUT2D eigenvalue weighted by Gasteiger charge is 2.27. The molecule has 0 aromatic rings. The molecule has 0 aliphatic carbocycles. The molecule has 118 valence electrons. The number of hydrogen-bond acceptors (Lipinski definition) is 4. The first-order chi connectivity index (χ1) is 9.36. The maximum absolute atomic E-state index is 3.66. The van der Waals surface area contributed by atoms with Crippen molar-refractivity contribution in [2.45, 2.75) is 27.7 Å². The number of rotatable bonds is 0. The summed E-state index contributed by atoms with van der Waals surface area (Å²) in [6.45, 7) is 21.2. The predicted molar refractivity (Wildman–Crippen MR) is 86.2 cm³/mol. The van der Waals surface area contributed by atoms with Gasteiger partial charge in [-0.2, -0.15) is 0 Å². The normalized spacial score (nSPS) is 35.4. The third-order valence-electron chi connectivity index (χ3n) is 4.45. The van der Waals surface area contributed by atoms with Crippen LogP contribution in [0.4, 0.5) is 0 Å². The molecule has 0 spiro atoms. The maximum atomic E-state index is 3.66. The van der Waals surface area contributed by atoms with Gasteiger partial charge in [-0.25, -0.2) is 0 Å². The van der Waals surface area contributed by atoms with Gasteiger partial charge in [0.15, 0.2) is 0 Å². The quantitative estimate of drug-likeness (QED) is 0.690. The third kappa shape index (κ3) is 5.32. The SMILES string of the molecule is CC1(C)CNCCN2CCN(CCNCC(C)(C)C2)C1. The molecule has 0 amide bonds. The molecule has 2 aliphatic heterocycles. The van der Waals surface area contributed by atoms with E-state index in [0.29, 0.717) is 10.8 Å². The van der Waals surface area contributed by atoms with E-state index in [1.54, 1.807) is 0 Å². The lowest BCUT2D eigenvalue weighted by molar-refractivity contribution is 0.104. The van der Waals surface area contributed by atoms with Crippen LogP contribution in [0.25, 0.3) is 0 Å². The van der Waals surface area contributed by atoms with Crippen molar-refractivity contribution in [3.63, 3.8) is 0 Å². The van der Waals surface area contributed by atoms with E-state index in [4.69, 9.17) is 0 Å². The number of fused-ring (bicyclic) bond motifs is 3. The van der Waals surface area contributed by atoms with Crippen molar-refractivity contribution >= 4 is 0 Å². The van der Waals surface area contributed by atoms with Gasteiger partial charge in [-0.1, -0.05) is 27.7 Å². The smallest absolute Gasteiger partial charge is 0.0110 e. The molecular formula is C16H34N4. The Hall–Kier alpha value is -0.160. The molecule has 2 N–H and O–H groups in total. The van der Waals surface area contributed by atoms with Crippen LogP contribution < -0.4 is 10.6 Å². The first-order valence-corrected chi connectivity index (χ1v) is 8.23. The molecule has 2 saturated heterocycles. The molecule has 0 aromatic heterocycles. The van der Waals surface area contributed by atoms with Gasteiger partial charge in [-0.05, 0) is 10.8 Å². The molecule has 2 aliphatic rings. The Bertz CT molecular complexity index is 271. The maximum Gasteiger partial charge on any atom is 0.0110 e. The van der Waals surface area contributed by atoms with Crippen LogP contribution in [-0.4, -0.2) is 75.2 Å². The van der Waals surface area contributed by atoms with Crippen molar-refractivity contribution in [3.05, 3.63) is 0 Å². The topological polar surface area (TPSA) is 30.5 Å². The van der Waals surface area contributed by atoms with Crippen LogP contribution in [-0.2, 0) is 0 Å². The molecule has 0 aromatic carbocycles. The molecule has 2 fully saturated rings. The molecule has 2 unspecified atom stereocenters. The standard InChI is InChI=1S/C16H34N4/c1-15(2)11-17-5-8-20-10-9-19(13-15)7-6-18-12-16(3,4)14-20/h17-18H,5-14H2,1-4H3. The summed E-state index contributed by atoms with van der Waals surface area (Å²) in [4.78, 5) is 5.29. The van der Waals surface area contributed by atoms with Crippen molar-refractivity contribution in [1.82, 2.24) is 20.4 Å². The molecule has 2 bridgehead atoms.